The molecule has 1 heterocycles. The second kappa shape index (κ2) is 5.98. The highest BCUT2D eigenvalue weighted by Gasteiger charge is 2.08. The normalized spacial score (nSPS) is 12.9. The molecule has 0 amide bonds. The summed E-state index contributed by atoms with van der Waals surface area (Å²) in [5.41, 5.74) is 0. The lowest BCUT2D eigenvalue weighted by Crippen LogP contribution is -2.23. The summed E-state index contributed by atoms with van der Waals surface area (Å²) in [6, 6.07) is 1.58. The van der Waals surface area contributed by atoms with Gasteiger partial charge in [0, 0.05) is 18.5 Å². The molecule has 0 saturated heterocycles. The van der Waals surface area contributed by atoms with Gasteiger partial charge in [-0.1, -0.05) is 25.4 Å². The molecule has 5 nitrogen and oxygen atoms in total. The molecule has 6 heteroatoms. The Morgan fingerprint density at radius 2 is 2.12 bits per heavy atom. The average Bonchev–Trinajstić information content (AvgIpc) is 2.25. The molecular formula is C10H16ClN3O2. The molecule has 0 fully saturated rings. The zero-order valence-corrected chi connectivity index (χ0v) is 10.1. The number of hydrogen-bond donors (Lipinski definition) is 3. The van der Waals surface area contributed by atoms with Crippen LogP contribution in [0.1, 0.15) is 25.6 Å². The predicted molar refractivity (Wildman–Crippen MR) is 62.7 cm³/mol. The maximum atomic E-state index is 9.18. The zero-order chi connectivity index (χ0) is 12.1. The zero-order valence-electron chi connectivity index (χ0n) is 9.31. The Hall–Kier alpha value is -0.910. The number of aliphatic hydroxyl groups excluding tert-OH is 2. The van der Waals surface area contributed by atoms with Crippen LogP contribution in [-0.2, 0) is 0 Å². The fraction of sp³-hybridized carbons (Fsp3) is 0.600. The summed E-state index contributed by atoms with van der Waals surface area (Å²) in [5.74, 6) is 1.38. The summed E-state index contributed by atoms with van der Waals surface area (Å²) >= 11 is 5.84. The molecule has 0 aromatic carbocycles. The lowest BCUT2D eigenvalue weighted by molar-refractivity contribution is 0.105. The first-order valence-electron chi connectivity index (χ1n) is 5.10. The highest BCUT2D eigenvalue weighted by Crippen LogP contribution is 2.16. The Morgan fingerprint density at radius 3 is 2.69 bits per heavy atom. The van der Waals surface area contributed by atoms with E-state index < -0.39 is 6.10 Å². The van der Waals surface area contributed by atoms with Crippen molar-refractivity contribution >= 4 is 17.4 Å². The van der Waals surface area contributed by atoms with Crippen LogP contribution in [0.25, 0.3) is 0 Å². The maximum Gasteiger partial charge on any atom is 0.135 e. The van der Waals surface area contributed by atoms with Crippen molar-refractivity contribution in [1.29, 1.82) is 0 Å². The molecular weight excluding hydrogens is 230 g/mol. The molecule has 3 N–H and O–H groups in total. The topological polar surface area (TPSA) is 78.3 Å². The van der Waals surface area contributed by atoms with Crippen LogP contribution in [0.3, 0.4) is 0 Å². The van der Waals surface area contributed by atoms with Crippen LogP contribution in [0, 0.1) is 0 Å². The molecule has 1 rings (SSSR count). The third kappa shape index (κ3) is 3.92. The van der Waals surface area contributed by atoms with Gasteiger partial charge in [-0.3, -0.25) is 0 Å². The van der Waals surface area contributed by atoms with E-state index in [9.17, 15) is 5.11 Å². The summed E-state index contributed by atoms with van der Waals surface area (Å²) in [7, 11) is 0. The van der Waals surface area contributed by atoms with Gasteiger partial charge in [0.15, 0.2) is 0 Å². The van der Waals surface area contributed by atoms with Crippen molar-refractivity contribution in [2.45, 2.75) is 25.9 Å². The van der Waals surface area contributed by atoms with Gasteiger partial charge in [0.25, 0.3) is 0 Å². The van der Waals surface area contributed by atoms with Crippen molar-refractivity contribution in [2.24, 2.45) is 0 Å². The highest BCUT2D eigenvalue weighted by atomic mass is 35.5. The van der Waals surface area contributed by atoms with Gasteiger partial charge in [-0.2, -0.15) is 0 Å². The third-order valence-corrected chi connectivity index (χ3v) is 2.15. The molecule has 0 aliphatic heterocycles. The van der Waals surface area contributed by atoms with Crippen LogP contribution in [-0.4, -0.2) is 39.4 Å². The molecule has 0 saturated carbocycles. The van der Waals surface area contributed by atoms with Gasteiger partial charge in [-0.25, -0.2) is 9.97 Å². The Bertz CT molecular complexity index is 347. The Kier molecular flexibility index (Phi) is 4.92. The Labute approximate surface area is 99.5 Å². The van der Waals surface area contributed by atoms with Crippen LogP contribution in [0.4, 0.5) is 5.82 Å². The van der Waals surface area contributed by atoms with Crippen molar-refractivity contribution in [2.75, 3.05) is 18.5 Å². The van der Waals surface area contributed by atoms with Gasteiger partial charge >= 0.3 is 0 Å². The number of nitrogens with one attached hydrogen (secondary N) is 1. The first-order valence-corrected chi connectivity index (χ1v) is 5.48. The quantitative estimate of drug-likeness (QED) is 0.675. The monoisotopic (exact) mass is 245 g/mol. The Morgan fingerprint density at radius 1 is 1.44 bits per heavy atom. The minimum absolute atomic E-state index is 0.182. The van der Waals surface area contributed by atoms with E-state index in [-0.39, 0.29) is 19.1 Å². The Balaban J connectivity index is 2.72. The summed E-state index contributed by atoms with van der Waals surface area (Å²) in [6.45, 7) is 3.88. The van der Waals surface area contributed by atoms with E-state index in [0.29, 0.717) is 16.8 Å². The minimum Gasteiger partial charge on any atom is -0.394 e. The second-order valence-electron chi connectivity index (χ2n) is 3.81. The predicted octanol–water partition coefficient (Wildman–Crippen LogP) is 1.02. The fourth-order valence-electron chi connectivity index (χ4n) is 1.07. The van der Waals surface area contributed by atoms with Crippen molar-refractivity contribution in [3.05, 3.63) is 17.0 Å². The molecule has 1 aromatic heterocycles. The van der Waals surface area contributed by atoms with E-state index in [1.807, 2.05) is 13.8 Å². The number of hydrogen-bond acceptors (Lipinski definition) is 5. The number of aliphatic hydroxyl groups is 2. The van der Waals surface area contributed by atoms with Crippen molar-refractivity contribution in [1.82, 2.24) is 9.97 Å². The molecule has 1 aromatic rings. The van der Waals surface area contributed by atoms with Gasteiger partial charge < -0.3 is 15.5 Å². The highest BCUT2D eigenvalue weighted by molar-refractivity contribution is 6.29. The fourth-order valence-corrected chi connectivity index (χ4v) is 1.26. The number of halogens is 1. The molecule has 1 unspecified atom stereocenters. The number of rotatable bonds is 5. The molecule has 90 valence electrons. The maximum absolute atomic E-state index is 9.18. The van der Waals surface area contributed by atoms with Gasteiger partial charge in [0.05, 0.1) is 12.7 Å². The first kappa shape index (κ1) is 13.2. The van der Waals surface area contributed by atoms with E-state index in [0.717, 1.165) is 0 Å². The first-order chi connectivity index (χ1) is 7.52. The van der Waals surface area contributed by atoms with Gasteiger partial charge in [0.1, 0.15) is 16.8 Å². The number of nitrogens with zero attached hydrogens (tertiary/aromatic N) is 2. The molecule has 1 atom stereocenters. The van der Waals surface area contributed by atoms with Crippen LogP contribution < -0.4 is 5.32 Å². The minimum atomic E-state index is -0.809. The van der Waals surface area contributed by atoms with Crippen LogP contribution >= 0.6 is 11.6 Å². The summed E-state index contributed by atoms with van der Waals surface area (Å²) in [5, 5.41) is 21.1. The molecule has 0 bridgehead atoms. The second-order valence-corrected chi connectivity index (χ2v) is 4.19. The third-order valence-electron chi connectivity index (χ3n) is 1.96. The van der Waals surface area contributed by atoms with Crippen molar-refractivity contribution < 1.29 is 10.2 Å². The molecule has 16 heavy (non-hydrogen) atoms. The molecule has 0 aliphatic rings. The van der Waals surface area contributed by atoms with Crippen LogP contribution in [0.2, 0.25) is 5.15 Å². The number of anilines is 1. The lowest BCUT2D eigenvalue weighted by atomic mass is 10.2. The van der Waals surface area contributed by atoms with Crippen LogP contribution in [0.15, 0.2) is 6.07 Å². The van der Waals surface area contributed by atoms with Gasteiger partial charge in [0.2, 0.25) is 0 Å². The summed E-state index contributed by atoms with van der Waals surface area (Å²) in [4.78, 5) is 8.32. The SMILES string of the molecule is CC(C)c1nc(Cl)cc(NCC(O)CO)n1. The van der Waals surface area contributed by atoms with Gasteiger partial charge in [-0.15, -0.1) is 0 Å². The summed E-state index contributed by atoms with van der Waals surface area (Å²) < 4.78 is 0. The smallest absolute Gasteiger partial charge is 0.135 e. The van der Waals surface area contributed by atoms with Crippen molar-refractivity contribution in [3.63, 3.8) is 0 Å². The average molecular weight is 246 g/mol. The molecule has 0 radical (unpaired) electrons. The van der Waals surface area contributed by atoms with Gasteiger partial charge in [-0.05, 0) is 0 Å². The van der Waals surface area contributed by atoms with Crippen molar-refractivity contribution in [3.8, 4) is 0 Å². The van der Waals surface area contributed by atoms with E-state index >= 15 is 0 Å². The van der Waals surface area contributed by atoms with Crippen LogP contribution in [0.5, 0.6) is 0 Å². The summed E-state index contributed by atoms with van der Waals surface area (Å²) in [6.07, 6.45) is -0.809. The van der Waals surface area contributed by atoms with E-state index in [1.54, 1.807) is 6.07 Å². The molecule has 0 spiro atoms. The van der Waals surface area contributed by atoms with E-state index in [1.165, 1.54) is 0 Å². The van der Waals surface area contributed by atoms with E-state index in [4.69, 9.17) is 16.7 Å². The largest absolute Gasteiger partial charge is 0.394 e. The van der Waals surface area contributed by atoms with E-state index in [2.05, 4.69) is 15.3 Å². The molecule has 0 aliphatic carbocycles. The number of aromatic nitrogens is 2. The standard InChI is InChI=1S/C10H16ClN3O2/c1-6(2)10-13-8(11)3-9(14-10)12-4-7(16)5-15/h3,6-7,15-16H,4-5H2,1-2H3,(H,12,13,14). The lowest BCUT2D eigenvalue weighted by Gasteiger charge is -2.11.